The number of likely N-dealkylation sites (N-methyl/N-ethyl adjacent to an activating group) is 1. The van der Waals surface area contributed by atoms with Crippen LogP contribution in [-0.2, 0) is 11.3 Å². The number of rotatable bonds is 6. The van der Waals surface area contributed by atoms with Gasteiger partial charge >= 0.3 is 0 Å². The van der Waals surface area contributed by atoms with E-state index in [1.54, 1.807) is 6.20 Å². The summed E-state index contributed by atoms with van der Waals surface area (Å²) in [6, 6.07) is 5.56. The molecule has 1 amide bonds. The molecule has 3 N–H and O–H groups in total. The van der Waals surface area contributed by atoms with Gasteiger partial charge < -0.3 is 0 Å². The van der Waals surface area contributed by atoms with E-state index in [1.807, 2.05) is 37.1 Å². The van der Waals surface area contributed by atoms with Crippen LogP contribution in [0.1, 0.15) is 25.5 Å². The van der Waals surface area contributed by atoms with Crippen molar-refractivity contribution in [2.45, 2.75) is 32.4 Å². The summed E-state index contributed by atoms with van der Waals surface area (Å²) in [5.74, 6) is 5.04. The first-order valence-corrected chi connectivity index (χ1v) is 5.79. The number of nitrogens with two attached hydrogens (primary N) is 1. The monoisotopic (exact) mass is 236 g/mol. The molecule has 0 saturated carbocycles. The van der Waals surface area contributed by atoms with Gasteiger partial charge in [0.1, 0.15) is 0 Å². The fourth-order valence-electron chi connectivity index (χ4n) is 1.78. The van der Waals surface area contributed by atoms with Gasteiger partial charge in [-0.05, 0) is 25.6 Å². The zero-order valence-electron chi connectivity index (χ0n) is 10.4. The number of hydrogen-bond acceptors (Lipinski definition) is 4. The Bertz CT molecular complexity index is 342. The van der Waals surface area contributed by atoms with Crippen molar-refractivity contribution in [3.05, 3.63) is 30.1 Å². The molecule has 0 fully saturated rings. The minimum atomic E-state index is -0.202. The van der Waals surface area contributed by atoms with Crippen LogP contribution in [0.2, 0.25) is 0 Å². The minimum Gasteiger partial charge on any atom is -0.293 e. The standard InChI is InChI=1S/C12H20N4O/c1-3-6-11(12(17)15-13)16(2)9-10-7-4-5-8-14-10/h4-5,7-8,11H,3,6,9,13H2,1-2H3,(H,15,17). The Hall–Kier alpha value is -1.46. The van der Waals surface area contributed by atoms with E-state index < -0.39 is 0 Å². The number of carbonyl (C=O) groups excluding carboxylic acids is 1. The number of amides is 1. The zero-order valence-corrected chi connectivity index (χ0v) is 10.4. The third kappa shape index (κ3) is 4.13. The molecule has 1 unspecified atom stereocenters. The van der Waals surface area contributed by atoms with Crippen molar-refractivity contribution in [3.63, 3.8) is 0 Å². The molecule has 17 heavy (non-hydrogen) atoms. The summed E-state index contributed by atoms with van der Waals surface area (Å²) in [5.41, 5.74) is 3.16. The van der Waals surface area contributed by atoms with Crippen LogP contribution < -0.4 is 11.3 Å². The number of carbonyl (C=O) groups is 1. The molecule has 1 rings (SSSR count). The van der Waals surface area contributed by atoms with Crippen molar-refractivity contribution in [2.75, 3.05) is 7.05 Å². The van der Waals surface area contributed by atoms with Crippen molar-refractivity contribution in [2.24, 2.45) is 5.84 Å². The second kappa shape index (κ2) is 6.98. The number of hydrogen-bond donors (Lipinski definition) is 2. The highest BCUT2D eigenvalue weighted by atomic mass is 16.2. The van der Waals surface area contributed by atoms with Crippen molar-refractivity contribution in [1.29, 1.82) is 0 Å². The lowest BCUT2D eigenvalue weighted by molar-refractivity contribution is -0.126. The fourth-order valence-corrected chi connectivity index (χ4v) is 1.78. The maximum absolute atomic E-state index is 11.6. The second-order valence-electron chi connectivity index (χ2n) is 4.05. The maximum Gasteiger partial charge on any atom is 0.251 e. The van der Waals surface area contributed by atoms with Crippen LogP contribution in [0.25, 0.3) is 0 Å². The molecule has 0 spiro atoms. The highest BCUT2D eigenvalue weighted by Gasteiger charge is 2.21. The Morgan fingerprint density at radius 3 is 2.88 bits per heavy atom. The Labute approximate surface area is 102 Å². The zero-order chi connectivity index (χ0) is 12.7. The Morgan fingerprint density at radius 1 is 1.59 bits per heavy atom. The van der Waals surface area contributed by atoms with Crippen LogP contribution in [0.15, 0.2) is 24.4 Å². The van der Waals surface area contributed by atoms with Gasteiger partial charge in [-0.2, -0.15) is 0 Å². The highest BCUT2D eigenvalue weighted by molar-refractivity contribution is 5.81. The smallest absolute Gasteiger partial charge is 0.251 e. The predicted octanol–water partition coefficient (Wildman–Crippen LogP) is 0.672. The Balaban J connectivity index is 2.65. The minimum absolute atomic E-state index is 0.148. The molecule has 0 radical (unpaired) electrons. The summed E-state index contributed by atoms with van der Waals surface area (Å²) < 4.78 is 0. The molecule has 0 aliphatic rings. The fraction of sp³-hybridized carbons (Fsp3) is 0.500. The molecule has 5 nitrogen and oxygen atoms in total. The van der Waals surface area contributed by atoms with Gasteiger partial charge in [0.25, 0.3) is 5.91 Å². The number of aromatic nitrogens is 1. The lowest BCUT2D eigenvalue weighted by Crippen LogP contribution is -2.47. The van der Waals surface area contributed by atoms with Crippen LogP contribution >= 0.6 is 0 Å². The third-order valence-electron chi connectivity index (χ3n) is 2.68. The summed E-state index contributed by atoms with van der Waals surface area (Å²) in [7, 11) is 1.91. The molecule has 5 heteroatoms. The topological polar surface area (TPSA) is 71.2 Å². The summed E-state index contributed by atoms with van der Waals surface area (Å²) >= 11 is 0. The van der Waals surface area contributed by atoms with E-state index in [9.17, 15) is 4.79 Å². The first-order chi connectivity index (χ1) is 8.19. The summed E-state index contributed by atoms with van der Waals surface area (Å²) in [5, 5.41) is 0. The van der Waals surface area contributed by atoms with E-state index in [2.05, 4.69) is 10.4 Å². The third-order valence-corrected chi connectivity index (χ3v) is 2.68. The highest BCUT2D eigenvalue weighted by Crippen LogP contribution is 2.08. The van der Waals surface area contributed by atoms with Crippen LogP contribution in [0.3, 0.4) is 0 Å². The van der Waals surface area contributed by atoms with E-state index in [0.717, 1.165) is 18.5 Å². The molecule has 0 bridgehead atoms. The van der Waals surface area contributed by atoms with Crippen LogP contribution in [0.4, 0.5) is 0 Å². The van der Waals surface area contributed by atoms with E-state index in [0.29, 0.717) is 6.54 Å². The average Bonchev–Trinajstić information content (AvgIpc) is 2.36. The SMILES string of the molecule is CCCC(C(=O)NN)N(C)Cc1ccccn1. The molecule has 1 aromatic heterocycles. The van der Waals surface area contributed by atoms with E-state index in [-0.39, 0.29) is 11.9 Å². The Kier molecular flexibility index (Phi) is 5.59. The van der Waals surface area contributed by atoms with Gasteiger partial charge in [-0.25, -0.2) is 5.84 Å². The van der Waals surface area contributed by atoms with E-state index in [1.165, 1.54) is 0 Å². The van der Waals surface area contributed by atoms with Gasteiger partial charge in [0.05, 0.1) is 11.7 Å². The number of hydrazine groups is 1. The van der Waals surface area contributed by atoms with Gasteiger partial charge in [-0.15, -0.1) is 0 Å². The summed E-state index contributed by atoms with van der Waals surface area (Å²) in [6.07, 6.45) is 3.47. The first-order valence-electron chi connectivity index (χ1n) is 5.79. The number of pyridine rings is 1. The number of nitrogens with one attached hydrogen (secondary N) is 1. The van der Waals surface area contributed by atoms with Crippen molar-refractivity contribution < 1.29 is 4.79 Å². The molecule has 0 aliphatic carbocycles. The summed E-state index contributed by atoms with van der Waals surface area (Å²) in [4.78, 5) is 17.8. The quantitative estimate of drug-likeness (QED) is 0.433. The summed E-state index contributed by atoms with van der Waals surface area (Å²) in [6.45, 7) is 2.68. The van der Waals surface area contributed by atoms with Gasteiger partial charge in [0.15, 0.2) is 0 Å². The van der Waals surface area contributed by atoms with Crippen molar-refractivity contribution in [1.82, 2.24) is 15.3 Å². The molecule has 1 heterocycles. The molecule has 1 aromatic rings. The lowest BCUT2D eigenvalue weighted by atomic mass is 10.1. The lowest BCUT2D eigenvalue weighted by Gasteiger charge is -2.25. The van der Waals surface area contributed by atoms with Crippen LogP contribution in [0.5, 0.6) is 0 Å². The van der Waals surface area contributed by atoms with Gasteiger partial charge in [0, 0.05) is 12.7 Å². The molecule has 0 aliphatic heterocycles. The predicted molar refractivity (Wildman–Crippen MR) is 66.7 cm³/mol. The largest absolute Gasteiger partial charge is 0.293 e. The average molecular weight is 236 g/mol. The maximum atomic E-state index is 11.6. The first kappa shape index (κ1) is 13.6. The molecule has 1 atom stereocenters. The van der Waals surface area contributed by atoms with Crippen LogP contribution in [-0.4, -0.2) is 28.9 Å². The van der Waals surface area contributed by atoms with Gasteiger partial charge in [-0.1, -0.05) is 19.4 Å². The van der Waals surface area contributed by atoms with Crippen molar-refractivity contribution >= 4 is 5.91 Å². The van der Waals surface area contributed by atoms with Gasteiger partial charge in [-0.3, -0.25) is 20.1 Å². The normalized spacial score (nSPS) is 12.5. The van der Waals surface area contributed by atoms with Gasteiger partial charge in [0.2, 0.25) is 0 Å². The number of nitrogens with zero attached hydrogens (tertiary/aromatic N) is 2. The molecule has 0 aromatic carbocycles. The van der Waals surface area contributed by atoms with Crippen molar-refractivity contribution in [3.8, 4) is 0 Å². The molecule has 94 valence electrons. The molecular weight excluding hydrogens is 216 g/mol. The second-order valence-corrected chi connectivity index (χ2v) is 4.05. The van der Waals surface area contributed by atoms with Crippen LogP contribution in [0, 0.1) is 0 Å². The Morgan fingerprint density at radius 2 is 2.35 bits per heavy atom. The van der Waals surface area contributed by atoms with E-state index in [4.69, 9.17) is 5.84 Å². The molecular formula is C12H20N4O. The molecule has 0 saturated heterocycles. The van der Waals surface area contributed by atoms with E-state index >= 15 is 0 Å².